The molecule has 0 aromatic carbocycles. The molecular formula is C22H30N4O6. The van der Waals surface area contributed by atoms with Gasteiger partial charge in [0.1, 0.15) is 17.7 Å². The molecule has 0 fully saturated rings. The first-order valence-corrected chi connectivity index (χ1v) is 9.87. The Bertz CT molecular complexity index is 856. The molecule has 0 aliphatic rings. The fraction of sp³-hybridized carbons (Fsp3) is 0.409. The number of rotatable bonds is 7. The van der Waals surface area contributed by atoms with Crippen molar-refractivity contribution in [1.82, 2.24) is 15.3 Å². The number of carbonyl (C=O) groups is 3. The number of aliphatic carboxylic acids is 1. The average Bonchev–Trinajstić information content (AvgIpc) is 2.73. The number of ether oxygens (including phenoxy) is 2. The summed E-state index contributed by atoms with van der Waals surface area (Å²) in [7, 11) is 1.32. The van der Waals surface area contributed by atoms with E-state index in [1.807, 2.05) is 18.2 Å². The van der Waals surface area contributed by atoms with Crippen molar-refractivity contribution < 1.29 is 29.0 Å². The van der Waals surface area contributed by atoms with Gasteiger partial charge < -0.3 is 25.6 Å². The van der Waals surface area contributed by atoms with Crippen LogP contribution in [0.2, 0.25) is 0 Å². The number of hydrogen-bond acceptors (Lipinski definition) is 8. The quantitative estimate of drug-likeness (QED) is 0.539. The number of alkyl carbamates (subject to hydrolysis) is 1. The number of nitrogens with one attached hydrogen (secondary N) is 1. The van der Waals surface area contributed by atoms with Gasteiger partial charge in [-0.2, -0.15) is 0 Å². The van der Waals surface area contributed by atoms with Crippen molar-refractivity contribution in [2.75, 3.05) is 7.11 Å². The lowest BCUT2D eigenvalue weighted by Gasteiger charge is -2.21. The van der Waals surface area contributed by atoms with Crippen molar-refractivity contribution in [3.05, 3.63) is 60.2 Å². The third kappa shape index (κ3) is 11.0. The average molecular weight is 447 g/mol. The zero-order chi connectivity index (χ0) is 24.1. The number of esters is 1. The molecule has 4 N–H and O–H groups in total. The van der Waals surface area contributed by atoms with Gasteiger partial charge in [-0.1, -0.05) is 12.1 Å². The van der Waals surface area contributed by atoms with E-state index in [1.54, 1.807) is 51.4 Å². The van der Waals surface area contributed by atoms with Gasteiger partial charge in [-0.15, -0.1) is 0 Å². The lowest BCUT2D eigenvalue weighted by Crippen LogP contribution is -2.44. The van der Waals surface area contributed by atoms with Gasteiger partial charge in [0, 0.05) is 36.6 Å². The van der Waals surface area contributed by atoms with Gasteiger partial charge in [0.05, 0.1) is 7.11 Å². The Morgan fingerprint density at radius 2 is 1.56 bits per heavy atom. The summed E-state index contributed by atoms with van der Waals surface area (Å²) < 4.78 is 9.51. The summed E-state index contributed by atoms with van der Waals surface area (Å²) in [6.45, 7) is 5.13. The molecule has 174 valence electrons. The Balaban J connectivity index is 0.000000343. The van der Waals surface area contributed by atoms with Crippen LogP contribution in [0.5, 0.6) is 0 Å². The van der Waals surface area contributed by atoms with E-state index in [9.17, 15) is 14.4 Å². The third-order valence-electron chi connectivity index (χ3n) is 3.79. The number of pyridine rings is 2. The van der Waals surface area contributed by atoms with Crippen LogP contribution in [0.15, 0.2) is 48.8 Å². The minimum atomic E-state index is -1.13. The van der Waals surface area contributed by atoms with Crippen molar-refractivity contribution in [3.63, 3.8) is 0 Å². The molecule has 10 heteroatoms. The molecule has 2 atom stereocenters. The maximum Gasteiger partial charge on any atom is 0.408 e. The molecule has 0 aliphatic carbocycles. The summed E-state index contributed by atoms with van der Waals surface area (Å²) >= 11 is 0. The predicted molar refractivity (Wildman–Crippen MR) is 117 cm³/mol. The third-order valence-corrected chi connectivity index (χ3v) is 3.79. The van der Waals surface area contributed by atoms with Crippen LogP contribution in [-0.4, -0.2) is 57.9 Å². The van der Waals surface area contributed by atoms with E-state index < -0.39 is 35.7 Å². The van der Waals surface area contributed by atoms with E-state index >= 15 is 0 Å². The largest absolute Gasteiger partial charge is 0.480 e. The Labute approximate surface area is 187 Å². The first-order chi connectivity index (χ1) is 15.0. The van der Waals surface area contributed by atoms with Gasteiger partial charge in [-0.3, -0.25) is 14.8 Å². The van der Waals surface area contributed by atoms with Crippen molar-refractivity contribution in [1.29, 1.82) is 0 Å². The SMILES string of the molecule is CC(C)(C)OC(=O)N[C@H](Cc1ccccn1)C(=O)O.COC(=O)[C@H](N)Cc1ccccn1. The molecular weight excluding hydrogens is 416 g/mol. The van der Waals surface area contributed by atoms with Crippen LogP contribution < -0.4 is 11.1 Å². The van der Waals surface area contributed by atoms with Gasteiger partial charge in [0.15, 0.2) is 0 Å². The highest BCUT2D eigenvalue weighted by atomic mass is 16.6. The number of methoxy groups -OCH3 is 1. The maximum absolute atomic E-state index is 11.5. The fourth-order valence-corrected chi connectivity index (χ4v) is 2.36. The smallest absolute Gasteiger partial charge is 0.408 e. The number of nitrogens with two attached hydrogens (primary N) is 1. The Morgan fingerprint density at radius 3 is 1.97 bits per heavy atom. The Kier molecular flexibility index (Phi) is 10.8. The van der Waals surface area contributed by atoms with Crippen LogP contribution >= 0.6 is 0 Å². The van der Waals surface area contributed by atoms with Crippen LogP contribution in [0.4, 0.5) is 4.79 Å². The molecule has 0 spiro atoms. The molecule has 2 aromatic heterocycles. The molecule has 0 unspecified atom stereocenters. The molecule has 1 amide bonds. The first kappa shape index (κ1) is 26.5. The second-order valence-corrected chi connectivity index (χ2v) is 7.72. The van der Waals surface area contributed by atoms with E-state index in [2.05, 4.69) is 20.0 Å². The van der Waals surface area contributed by atoms with Crippen LogP contribution in [-0.2, 0) is 31.9 Å². The van der Waals surface area contributed by atoms with Crippen molar-refractivity contribution >= 4 is 18.0 Å². The van der Waals surface area contributed by atoms with E-state index in [0.717, 1.165) is 5.69 Å². The molecule has 0 bridgehead atoms. The fourth-order valence-electron chi connectivity index (χ4n) is 2.36. The number of carboxylic acids is 1. The highest BCUT2D eigenvalue weighted by Gasteiger charge is 2.24. The summed E-state index contributed by atoms with van der Waals surface area (Å²) in [5, 5.41) is 11.4. The second-order valence-electron chi connectivity index (χ2n) is 7.72. The second kappa shape index (κ2) is 13.0. The zero-order valence-electron chi connectivity index (χ0n) is 18.6. The Morgan fingerprint density at radius 1 is 1.03 bits per heavy atom. The van der Waals surface area contributed by atoms with E-state index in [0.29, 0.717) is 12.1 Å². The molecule has 2 heterocycles. The molecule has 0 saturated carbocycles. The van der Waals surface area contributed by atoms with Crippen LogP contribution in [0.3, 0.4) is 0 Å². The first-order valence-electron chi connectivity index (χ1n) is 9.87. The van der Waals surface area contributed by atoms with Crippen molar-refractivity contribution in [3.8, 4) is 0 Å². The number of hydrogen-bond donors (Lipinski definition) is 3. The number of carbonyl (C=O) groups excluding carboxylic acids is 2. The van der Waals surface area contributed by atoms with Crippen molar-refractivity contribution in [2.24, 2.45) is 5.73 Å². The summed E-state index contributed by atoms with van der Waals surface area (Å²) in [4.78, 5) is 41.7. The van der Waals surface area contributed by atoms with Crippen LogP contribution in [0.1, 0.15) is 32.2 Å². The lowest BCUT2D eigenvalue weighted by atomic mass is 10.1. The molecule has 2 rings (SSSR count). The topological polar surface area (TPSA) is 154 Å². The number of aromatic nitrogens is 2. The predicted octanol–water partition coefficient (Wildman–Crippen LogP) is 1.73. The van der Waals surface area contributed by atoms with Gasteiger partial charge in [-0.25, -0.2) is 9.59 Å². The minimum Gasteiger partial charge on any atom is -0.480 e. The zero-order valence-corrected chi connectivity index (χ0v) is 18.6. The van der Waals surface area contributed by atoms with E-state index in [1.165, 1.54) is 7.11 Å². The monoisotopic (exact) mass is 446 g/mol. The highest BCUT2D eigenvalue weighted by Crippen LogP contribution is 2.08. The summed E-state index contributed by atoms with van der Waals surface area (Å²) in [6, 6.07) is 8.99. The normalized spacial score (nSPS) is 12.4. The van der Waals surface area contributed by atoms with Crippen molar-refractivity contribution in [2.45, 2.75) is 51.3 Å². The van der Waals surface area contributed by atoms with Gasteiger partial charge >= 0.3 is 18.0 Å². The highest BCUT2D eigenvalue weighted by molar-refractivity contribution is 5.80. The summed E-state index contributed by atoms with van der Waals surface area (Å²) in [6.07, 6.45) is 3.00. The number of carboxylic acid groups (broad SMARTS) is 1. The maximum atomic E-state index is 11.5. The summed E-state index contributed by atoms with van der Waals surface area (Å²) in [5.74, 6) is -1.54. The van der Waals surface area contributed by atoms with E-state index in [-0.39, 0.29) is 6.42 Å². The molecule has 32 heavy (non-hydrogen) atoms. The van der Waals surface area contributed by atoms with E-state index in [4.69, 9.17) is 15.6 Å². The van der Waals surface area contributed by atoms with Gasteiger partial charge in [0.2, 0.25) is 0 Å². The minimum absolute atomic E-state index is 0.107. The Hall–Kier alpha value is -3.53. The molecule has 0 aliphatic heterocycles. The van der Waals surface area contributed by atoms with Gasteiger partial charge in [0.25, 0.3) is 0 Å². The molecule has 2 aromatic rings. The van der Waals surface area contributed by atoms with Gasteiger partial charge in [-0.05, 0) is 45.0 Å². The molecule has 0 radical (unpaired) electrons. The summed E-state index contributed by atoms with van der Waals surface area (Å²) in [5.41, 5.74) is 6.26. The molecule has 10 nitrogen and oxygen atoms in total. The number of amides is 1. The molecule has 0 saturated heterocycles. The lowest BCUT2D eigenvalue weighted by molar-refractivity contribution is -0.142. The number of nitrogens with zero attached hydrogens (tertiary/aromatic N) is 2. The standard InChI is InChI=1S/C13H18N2O4.C9H12N2O2/c1-13(2,3)19-12(18)15-10(11(16)17)8-9-6-4-5-7-14-9;1-13-9(12)8(10)6-7-4-2-3-5-11-7/h4-7,10H,8H2,1-3H3,(H,15,18)(H,16,17);2-5,8H,6,10H2,1H3/t10-;8-/m11/s1. The van der Waals surface area contributed by atoms with Crippen LogP contribution in [0.25, 0.3) is 0 Å². The van der Waals surface area contributed by atoms with Crippen LogP contribution in [0, 0.1) is 0 Å².